The highest BCUT2D eigenvalue weighted by atomic mass is 16.3. The van der Waals surface area contributed by atoms with Crippen molar-refractivity contribution in [1.82, 2.24) is 14.9 Å². The molecule has 0 aliphatic heterocycles. The molecule has 0 aliphatic carbocycles. The van der Waals surface area contributed by atoms with E-state index in [0.29, 0.717) is 6.42 Å². The average molecular weight is 299 g/mol. The van der Waals surface area contributed by atoms with Gasteiger partial charge in [-0.1, -0.05) is 12.1 Å². The molecule has 0 aliphatic rings. The van der Waals surface area contributed by atoms with Gasteiger partial charge in [0.1, 0.15) is 0 Å². The summed E-state index contributed by atoms with van der Waals surface area (Å²) in [6.07, 6.45) is 10.1. The maximum atomic E-state index is 11.8. The average Bonchev–Trinajstić information content (AvgIpc) is 3.06. The number of nitrogens with zero attached hydrogens (tertiary/aromatic N) is 2. The largest absolute Gasteiger partial charge is 0.396 e. The second-order valence-corrected chi connectivity index (χ2v) is 5.17. The van der Waals surface area contributed by atoms with Gasteiger partial charge >= 0.3 is 0 Å². The highest BCUT2D eigenvalue weighted by Crippen LogP contribution is 2.10. The number of aliphatic hydroxyl groups is 1. The highest BCUT2D eigenvalue weighted by Gasteiger charge is 2.03. The quantitative estimate of drug-likeness (QED) is 0.770. The summed E-state index contributed by atoms with van der Waals surface area (Å²) in [6.45, 7) is 2.08. The van der Waals surface area contributed by atoms with Crippen LogP contribution in [0.15, 0.2) is 49.1 Å². The van der Waals surface area contributed by atoms with Crippen molar-refractivity contribution in [1.29, 1.82) is 0 Å². The summed E-state index contributed by atoms with van der Waals surface area (Å²) in [5.74, 6) is -0.121. The van der Waals surface area contributed by atoms with Crippen molar-refractivity contribution in [3.05, 3.63) is 54.6 Å². The van der Waals surface area contributed by atoms with Crippen LogP contribution in [0.3, 0.4) is 0 Å². The summed E-state index contributed by atoms with van der Waals surface area (Å²) in [6, 6.07) is 7.92. The van der Waals surface area contributed by atoms with Gasteiger partial charge in [-0.2, -0.15) is 0 Å². The summed E-state index contributed by atoms with van der Waals surface area (Å²) in [5, 5.41) is 11.6. The van der Waals surface area contributed by atoms with Gasteiger partial charge in [-0.3, -0.25) is 4.79 Å². The molecule has 1 heterocycles. The first-order chi connectivity index (χ1) is 10.7. The molecular weight excluding hydrogens is 278 g/mol. The second-order valence-electron chi connectivity index (χ2n) is 5.17. The molecule has 0 saturated carbocycles. The number of hydrogen-bond acceptors (Lipinski definition) is 3. The lowest BCUT2D eigenvalue weighted by molar-refractivity contribution is -0.117. The Bertz CT molecular complexity index is 603. The van der Waals surface area contributed by atoms with E-state index in [1.807, 2.05) is 42.0 Å². The van der Waals surface area contributed by atoms with Gasteiger partial charge in [-0.25, -0.2) is 4.98 Å². The maximum Gasteiger partial charge on any atom is 0.244 e. The molecule has 0 radical (unpaired) electrons. The zero-order valence-corrected chi connectivity index (χ0v) is 12.6. The molecule has 1 unspecified atom stereocenters. The number of imidazole rings is 1. The summed E-state index contributed by atoms with van der Waals surface area (Å²) < 4.78 is 1.92. The van der Waals surface area contributed by atoms with Crippen LogP contribution in [0.1, 0.15) is 25.3 Å². The topological polar surface area (TPSA) is 67.2 Å². The summed E-state index contributed by atoms with van der Waals surface area (Å²) in [7, 11) is 0. The molecule has 2 N–H and O–H groups in total. The fourth-order valence-electron chi connectivity index (χ4n) is 2.10. The van der Waals surface area contributed by atoms with E-state index < -0.39 is 0 Å². The predicted octanol–water partition coefficient (Wildman–Crippen LogP) is 2.16. The first kappa shape index (κ1) is 16.0. The molecule has 1 aromatic heterocycles. The molecule has 1 amide bonds. The van der Waals surface area contributed by atoms with E-state index >= 15 is 0 Å². The van der Waals surface area contributed by atoms with Crippen molar-refractivity contribution >= 4 is 12.0 Å². The normalized spacial score (nSPS) is 12.5. The third-order valence-corrected chi connectivity index (χ3v) is 3.31. The van der Waals surface area contributed by atoms with Crippen molar-refractivity contribution in [2.75, 3.05) is 6.61 Å². The Labute approximate surface area is 130 Å². The number of hydrogen-bond donors (Lipinski definition) is 2. The molecule has 0 fully saturated rings. The molecular formula is C17H21N3O2. The number of rotatable bonds is 7. The molecule has 116 valence electrons. The molecule has 0 spiro atoms. The standard InChI is InChI=1S/C17H21N3O2/c1-14(3-2-12-21)19-17(22)9-6-15-4-7-16(8-5-15)20-11-10-18-13-20/h4-11,13-14,21H,2-3,12H2,1H3,(H,19,22)/b9-6+. The number of aromatic nitrogens is 2. The Morgan fingerprint density at radius 2 is 2.18 bits per heavy atom. The molecule has 5 heteroatoms. The molecule has 5 nitrogen and oxygen atoms in total. The van der Waals surface area contributed by atoms with Gasteiger partial charge in [0.2, 0.25) is 5.91 Å². The number of aliphatic hydroxyl groups excluding tert-OH is 1. The van der Waals surface area contributed by atoms with E-state index in [9.17, 15) is 4.79 Å². The smallest absolute Gasteiger partial charge is 0.244 e. The number of benzene rings is 1. The van der Waals surface area contributed by atoms with Crippen LogP contribution in [0, 0.1) is 0 Å². The van der Waals surface area contributed by atoms with E-state index in [-0.39, 0.29) is 18.6 Å². The minimum absolute atomic E-state index is 0.0629. The zero-order valence-electron chi connectivity index (χ0n) is 12.6. The third kappa shape index (κ3) is 4.86. The Balaban J connectivity index is 1.88. The van der Waals surface area contributed by atoms with E-state index in [0.717, 1.165) is 17.7 Å². The maximum absolute atomic E-state index is 11.8. The van der Waals surface area contributed by atoms with Gasteiger partial charge in [-0.15, -0.1) is 0 Å². The fraction of sp³-hybridized carbons (Fsp3) is 0.294. The summed E-state index contributed by atoms with van der Waals surface area (Å²) in [5.41, 5.74) is 1.98. The van der Waals surface area contributed by atoms with Crippen molar-refractivity contribution in [2.24, 2.45) is 0 Å². The summed E-state index contributed by atoms with van der Waals surface area (Å²) >= 11 is 0. The minimum atomic E-state index is -0.121. The molecule has 1 aromatic carbocycles. The second kappa shape index (κ2) is 8.14. The Kier molecular flexibility index (Phi) is 5.91. The van der Waals surface area contributed by atoms with Crippen LogP contribution in [-0.2, 0) is 4.79 Å². The van der Waals surface area contributed by atoms with Crippen molar-refractivity contribution in [3.63, 3.8) is 0 Å². The molecule has 2 rings (SSSR count). The van der Waals surface area contributed by atoms with Crippen LogP contribution >= 0.6 is 0 Å². The Morgan fingerprint density at radius 1 is 1.41 bits per heavy atom. The number of carbonyl (C=O) groups is 1. The molecule has 1 atom stereocenters. The van der Waals surface area contributed by atoms with Crippen LogP contribution in [0.25, 0.3) is 11.8 Å². The highest BCUT2D eigenvalue weighted by molar-refractivity contribution is 5.91. The Hall–Kier alpha value is -2.40. The van der Waals surface area contributed by atoms with Gasteiger partial charge in [0.15, 0.2) is 0 Å². The van der Waals surface area contributed by atoms with E-state index in [1.54, 1.807) is 18.6 Å². The van der Waals surface area contributed by atoms with Crippen LogP contribution in [0.2, 0.25) is 0 Å². The number of carbonyl (C=O) groups excluding carboxylic acids is 1. The van der Waals surface area contributed by atoms with Gasteiger partial charge in [-0.05, 0) is 43.5 Å². The zero-order chi connectivity index (χ0) is 15.8. The molecule has 22 heavy (non-hydrogen) atoms. The molecule has 2 aromatic rings. The van der Waals surface area contributed by atoms with Gasteiger partial charge in [0.05, 0.1) is 6.33 Å². The van der Waals surface area contributed by atoms with Gasteiger partial charge < -0.3 is 15.0 Å². The van der Waals surface area contributed by atoms with E-state index in [2.05, 4.69) is 10.3 Å². The van der Waals surface area contributed by atoms with Gasteiger partial charge in [0.25, 0.3) is 0 Å². The van der Waals surface area contributed by atoms with Crippen molar-refractivity contribution < 1.29 is 9.90 Å². The minimum Gasteiger partial charge on any atom is -0.396 e. The Morgan fingerprint density at radius 3 is 2.82 bits per heavy atom. The fourth-order valence-corrected chi connectivity index (χ4v) is 2.10. The first-order valence-electron chi connectivity index (χ1n) is 7.37. The van der Waals surface area contributed by atoms with Crippen LogP contribution in [-0.4, -0.2) is 33.2 Å². The predicted molar refractivity (Wildman–Crippen MR) is 86.5 cm³/mol. The lowest BCUT2D eigenvalue weighted by atomic mass is 10.1. The van der Waals surface area contributed by atoms with Crippen molar-refractivity contribution in [2.45, 2.75) is 25.8 Å². The van der Waals surface area contributed by atoms with E-state index in [4.69, 9.17) is 5.11 Å². The first-order valence-corrected chi connectivity index (χ1v) is 7.37. The van der Waals surface area contributed by atoms with Crippen molar-refractivity contribution in [3.8, 4) is 5.69 Å². The molecule has 0 bridgehead atoms. The van der Waals surface area contributed by atoms with E-state index in [1.165, 1.54) is 6.08 Å². The number of amides is 1. The van der Waals surface area contributed by atoms with Crippen LogP contribution in [0.4, 0.5) is 0 Å². The van der Waals surface area contributed by atoms with Crippen LogP contribution in [0.5, 0.6) is 0 Å². The van der Waals surface area contributed by atoms with Gasteiger partial charge in [0, 0.05) is 36.8 Å². The third-order valence-electron chi connectivity index (χ3n) is 3.31. The lowest BCUT2D eigenvalue weighted by Gasteiger charge is -2.11. The SMILES string of the molecule is CC(CCCO)NC(=O)/C=C/c1ccc(-n2ccnc2)cc1. The van der Waals surface area contributed by atoms with Crippen LogP contribution < -0.4 is 5.32 Å². The monoisotopic (exact) mass is 299 g/mol. The molecule has 0 saturated heterocycles. The number of nitrogens with one attached hydrogen (secondary N) is 1. The summed E-state index contributed by atoms with van der Waals surface area (Å²) in [4.78, 5) is 15.8. The lowest BCUT2D eigenvalue weighted by Crippen LogP contribution is -2.31.